The Bertz CT molecular complexity index is 424. The van der Waals surface area contributed by atoms with E-state index in [2.05, 4.69) is 20.4 Å². The number of aromatic nitrogens is 5. The highest BCUT2D eigenvalue weighted by molar-refractivity contribution is 4.80. The normalized spacial score (nSPS) is 8.93. The first kappa shape index (κ1) is 9.90. The molecular formula is C7H9N5O2. The first-order chi connectivity index (χ1) is 6.72. The third-order valence-corrected chi connectivity index (χ3v) is 1.40. The van der Waals surface area contributed by atoms with E-state index in [0.717, 1.165) is 4.57 Å². The standard InChI is InChI=1S/C5H6N2O2.C2H3N3/c1-7-4(8)2-3-6-5(7)9;1-2-4-5-3-1/h2-3H,1H3,(H,6,9);1-2H,(H,3,4,5). The zero-order chi connectivity index (χ0) is 10.4. The Morgan fingerprint density at radius 3 is 2.50 bits per heavy atom. The van der Waals surface area contributed by atoms with E-state index in [-0.39, 0.29) is 11.2 Å². The first-order valence-electron chi connectivity index (χ1n) is 3.77. The molecular weight excluding hydrogens is 186 g/mol. The van der Waals surface area contributed by atoms with Crippen LogP contribution in [0.2, 0.25) is 0 Å². The first-order valence-corrected chi connectivity index (χ1v) is 3.77. The SMILES string of the molecule is Cn1c(=O)cc[nH]c1=O.c1c[nH]nn1. The Morgan fingerprint density at radius 1 is 1.36 bits per heavy atom. The molecule has 0 aliphatic carbocycles. The zero-order valence-corrected chi connectivity index (χ0v) is 7.47. The van der Waals surface area contributed by atoms with Crippen molar-refractivity contribution in [3.63, 3.8) is 0 Å². The summed E-state index contributed by atoms with van der Waals surface area (Å²) in [6.07, 6.45) is 4.56. The van der Waals surface area contributed by atoms with Crippen LogP contribution in [-0.2, 0) is 7.05 Å². The molecule has 0 saturated carbocycles. The molecule has 2 heterocycles. The highest BCUT2D eigenvalue weighted by Crippen LogP contribution is 1.57. The van der Waals surface area contributed by atoms with Crippen LogP contribution >= 0.6 is 0 Å². The van der Waals surface area contributed by atoms with E-state index in [1.54, 1.807) is 12.4 Å². The topological polar surface area (TPSA) is 96.4 Å². The van der Waals surface area contributed by atoms with Crippen molar-refractivity contribution < 1.29 is 0 Å². The van der Waals surface area contributed by atoms with Crippen LogP contribution < -0.4 is 11.2 Å². The summed E-state index contributed by atoms with van der Waals surface area (Å²) < 4.78 is 1.00. The average molecular weight is 195 g/mol. The molecule has 0 unspecified atom stereocenters. The van der Waals surface area contributed by atoms with E-state index in [1.165, 1.54) is 19.3 Å². The third-order valence-electron chi connectivity index (χ3n) is 1.40. The van der Waals surface area contributed by atoms with E-state index >= 15 is 0 Å². The lowest BCUT2D eigenvalue weighted by atomic mass is 10.6. The summed E-state index contributed by atoms with van der Waals surface area (Å²) in [5.41, 5.74) is -0.679. The van der Waals surface area contributed by atoms with Gasteiger partial charge in [0.25, 0.3) is 5.56 Å². The molecule has 0 radical (unpaired) electrons. The maximum Gasteiger partial charge on any atom is 0.328 e. The fourth-order valence-corrected chi connectivity index (χ4v) is 0.660. The molecule has 7 heteroatoms. The van der Waals surface area contributed by atoms with E-state index < -0.39 is 0 Å². The van der Waals surface area contributed by atoms with Crippen molar-refractivity contribution in [1.29, 1.82) is 0 Å². The summed E-state index contributed by atoms with van der Waals surface area (Å²) in [4.78, 5) is 23.5. The smallest absolute Gasteiger partial charge is 0.314 e. The van der Waals surface area contributed by atoms with Crippen LogP contribution in [0.15, 0.2) is 34.2 Å². The molecule has 2 N–H and O–H groups in total. The number of nitrogens with one attached hydrogen (secondary N) is 2. The summed E-state index contributed by atoms with van der Waals surface area (Å²) >= 11 is 0. The number of hydrogen-bond donors (Lipinski definition) is 2. The second-order valence-electron chi connectivity index (χ2n) is 2.34. The predicted molar refractivity (Wildman–Crippen MR) is 48.7 cm³/mol. The third kappa shape index (κ3) is 2.70. The number of aromatic amines is 2. The molecule has 0 fully saturated rings. The average Bonchev–Trinajstić information content (AvgIpc) is 2.72. The molecule has 2 aromatic rings. The van der Waals surface area contributed by atoms with E-state index in [0.29, 0.717) is 0 Å². The Kier molecular flexibility index (Phi) is 3.36. The number of hydrogen-bond acceptors (Lipinski definition) is 4. The fraction of sp³-hybridized carbons (Fsp3) is 0.143. The van der Waals surface area contributed by atoms with Gasteiger partial charge in [0.15, 0.2) is 0 Å². The van der Waals surface area contributed by atoms with Gasteiger partial charge in [0.05, 0.1) is 6.20 Å². The van der Waals surface area contributed by atoms with E-state index in [1.807, 2.05) is 0 Å². The van der Waals surface area contributed by atoms with Gasteiger partial charge in [-0.3, -0.25) is 14.5 Å². The monoisotopic (exact) mass is 195 g/mol. The minimum absolute atomic E-state index is 0.293. The molecule has 0 aliphatic rings. The predicted octanol–water partition coefficient (Wildman–Crippen LogP) is -1.12. The van der Waals surface area contributed by atoms with Crippen molar-refractivity contribution in [2.45, 2.75) is 0 Å². The van der Waals surface area contributed by atoms with Crippen molar-refractivity contribution >= 4 is 0 Å². The second-order valence-corrected chi connectivity index (χ2v) is 2.34. The van der Waals surface area contributed by atoms with Gasteiger partial charge in [0.2, 0.25) is 0 Å². The Hall–Kier alpha value is -2.18. The van der Waals surface area contributed by atoms with Crippen molar-refractivity contribution in [2.75, 3.05) is 0 Å². The summed E-state index contributed by atoms with van der Waals surface area (Å²) in [5, 5.41) is 9.26. The Labute approximate surface area is 78.4 Å². The van der Waals surface area contributed by atoms with Crippen LogP contribution in [0.4, 0.5) is 0 Å². The Morgan fingerprint density at radius 2 is 2.14 bits per heavy atom. The summed E-state index contributed by atoms with van der Waals surface area (Å²) in [6, 6.07) is 1.29. The van der Waals surface area contributed by atoms with Crippen LogP contribution in [0, 0.1) is 0 Å². The van der Waals surface area contributed by atoms with Crippen LogP contribution in [0.25, 0.3) is 0 Å². The van der Waals surface area contributed by atoms with Gasteiger partial charge >= 0.3 is 5.69 Å². The van der Waals surface area contributed by atoms with Crippen molar-refractivity contribution in [2.24, 2.45) is 7.05 Å². The highest BCUT2D eigenvalue weighted by atomic mass is 16.2. The molecule has 0 saturated heterocycles. The summed E-state index contributed by atoms with van der Waals surface area (Å²) in [7, 11) is 1.42. The van der Waals surface area contributed by atoms with Gasteiger partial charge in [0.1, 0.15) is 0 Å². The molecule has 74 valence electrons. The maximum absolute atomic E-state index is 10.6. The number of nitrogens with zero attached hydrogens (tertiary/aromatic N) is 3. The highest BCUT2D eigenvalue weighted by Gasteiger charge is 1.88. The van der Waals surface area contributed by atoms with Gasteiger partial charge in [-0.1, -0.05) is 5.21 Å². The molecule has 2 aromatic heterocycles. The second kappa shape index (κ2) is 4.75. The molecule has 0 amide bonds. The lowest BCUT2D eigenvalue weighted by Gasteiger charge is -1.88. The maximum atomic E-state index is 10.6. The zero-order valence-electron chi connectivity index (χ0n) is 7.47. The molecule has 7 nitrogen and oxygen atoms in total. The van der Waals surface area contributed by atoms with E-state index in [4.69, 9.17) is 0 Å². The van der Waals surface area contributed by atoms with Crippen molar-refractivity contribution in [3.05, 3.63) is 45.5 Å². The van der Waals surface area contributed by atoms with Gasteiger partial charge in [-0.2, -0.15) is 0 Å². The minimum atomic E-state index is -0.387. The fourth-order valence-electron chi connectivity index (χ4n) is 0.660. The lowest BCUT2D eigenvalue weighted by Crippen LogP contribution is -2.30. The van der Waals surface area contributed by atoms with Gasteiger partial charge in [-0.25, -0.2) is 4.79 Å². The van der Waals surface area contributed by atoms with E-state index in [9.17, 15) is 9.59 Å². The molecule has 0 atom stereocenters. The summed E-state index contributed by atoms with van der Waals surface area (Å²) in [6.45, 7) is 0. The van der Waals surface area contributed by atoms with Crippen molar-refractivity contribution in [1.82, 2.24) is 25.0 Å². The molecule has 2 rings (SSSR count). The van der Waals surface area contributed by atoms with Gasteiger partial charge in [-0.15, -0.1) is 5.10 Å². The lowest BCUT2D eigenvalue weighted by molar-refractivity contribution is 0.775. The van der Waals surface area contributed by atoms with Gasteiger partial charge < -0.3 is 4.98 Å². The quantitative estimate of drug-likeness (QED) is 0.556. The minimum Gasteiger partial charge on any atom is -0.314 e. The van der Waals surface area contributed by atoms with Crippen LogP contribution in [0.5, 0.6) is 0 Å². The van der Waals surface area contributed by atoms with Crippen LogP contribution in [-0.4, -0.2) is 25.0 Å². The van der Waals surface area contributed by atoms with Gasteiger partial charge in [0, 0.05) is 25.5 Å². The summed E-state index contributed by atoms with van der Waals surface area (Å²) in [5.74, 6) is 0. The largest absolute Gasteiger partial charge is 0.328 e. The molecule has 14 heavy (non-hydrogen) atoms. The Balaban J connectivity index is 0.000000165. The van der Waals surface area contributed by atoms with Crippen LogP contribution in [0.1, 0.15) is 0 Å². The molecule has 0 bridgehead atoms. The van der Waals surface area contributed by atoms with Crippen LogP contribution in [0.3, 0.4) is 0 Å². The molecule has 0 aliphatic heterocycles. The molecule has 0 aromatic carbocycles. The number of H-pyrrole nitrogens is 2. The molecule has 0 spiro atoms. The van der Waals surface area contributed by atoms with Gasteiger partial charge in [-0.05, 0) is 0 Å². The number of rotatable bonds is 0. The van der Waals surface area contributed by atoms with Crippen molar-refractivity contribution in [3.8, 4) is 0 Å².